The van der Waals surface area contributed by atoms with Crippen LogP contribution in [0.4, 0.5) is 0 Å². The minimum Gasteiger partial charge on any atom is -0.316 e. The molecule has 0 aromatic carbocycles. The standard InChI is InChI=1S/C18H37N3/c1-6-19-13-18(9-7-8-15(2)10-18)14-21-11-16(3)20(5)17(4)12-21/h15-17,19H,6-14H2,1-5H3. The van der Waals surface area contributed by atoms with Gasteiger partial charge in [-0.2, -0.15) is 0 Å². The Balaban J connectivity index is 2.01. The number of rotatable bonds is 5. The van der Waals surface area contributed by atoms with Gasteiger partial charge in [0.2, 0.25) is 0 Å². The Labute approximate surface area is 132 Å². The van der Waals surface area contributed by atoms with Crippen molar-refractivity contribution >= 4 is 0 Å². The Hall–Kier alpha value is -0.120. The number of nitrogens with one attached hydrogen (secondary N) is 1. The van der Waals surface area contributed by atoms with E-state index in [1.54, 1.807) is 0 Å². The van der Waals surface area contributed by atoms with Gasteiger partial charge in [0.05, 0.1) is 0 Å². The molecule has 2 aliphatic rings. The third-order valence-electron chi connectivity index (χ3n) is 5.93. The largest absolute Gasteiger partial charge is 0.316 e. The van der Waals surface area contributed by atoms with Crippen LogP contribution in [0.25, 0.3) is 0 Å². The van der Waals surface area contributed by atoms with Gasteiger partial charge < -0.3 is 5.32 Å². The van der Waals surface area contributed by atoms with Crippen LogP contribution in [0.2, 0.25) is 0 Å². The maximum atomic E-state index is 3.66. The Morgan fingerprint density at radius 1 is 1.14 bits per heavy atom. The zero-order valence-corrected chi connectivity index (χ0v) is 15.0. The first-order valence-electron chi connectivity index (χ1n) is 9.11. The number of nitrogens with zero attached hydrogens (tertiary/aromatic N) is 2. The third kappa shape index (κ3) is 4.43. The van der Waals surface area contributed by atoms with Gasteiger partial charge in [-0.25, -0.2) is 0 Å². The minimum atomic E-state index is 0.517. The van der Waals surface area contributed by atoms with Crippen LogP contribution in [0.15, 0.2) is 0 Å². The normalized spacial score (nSPS) is 39.6. The highest BCUT2D eigenvalue weighted by Crippen LogP contribution is 2.40. The Kier molecular flexibility index (Phi) is 6.10. The van der Waals surface area contributed by atoms with Crippen molar-refractivity contribution in [3.05, 3.63) is 0 Å². The molecule has 1 heterocycles. The molecule has 21 heavy (non-hydrogen) atoms. The maximum Gasteiger partial charge on any atom is 0.0195 e. The number of hydrogen-bond acceptors (Lipinski definition) is 3. The zero-order chi connectivity index (χ0) is 15.5. The molecule has 0 spiro atoms. The molecule has 0 aromatic rings. The molecule has 1 aliphatic heterocycles. The molecular weight excluding hydrogens is 258 g/mol. The van der Waals surface area contributed by atoms with E-state index in [0.29, 0.717) is 17.5 Å². The molecule has 1 saturated heterocycles. The lowest BCUT2D eigenvalue weighted by atomic mass is 9.69. The minimum absolute atomic E-state index is 0.517. The van der Waals surface area contributed by atoms with E-state index in [2.05, 4.69) is 49.9 Å². The molecule has 0 amide bonds. The summed E-state index contributed by atoms with van der Waals surface area (Å²) in [7, 11) is 2.28. The van der Waals surface area contributed by atoms with E-state index in [1.807, 2.05) is 0 Å². The third-order valence-corrected chi connectivity index (χ3v) is 5.93. The van der Waals surface area contributed by atoms with Gasteiger partial charge in [-0.1, -0.05) is 26.7 Å². The highest BCUT2D eigenvalue weighted by molar-refractivity contribution is 4.93. The summed E-state index contributed by atoms with van der Waals surface area (Å²) >= 11 is 0. The first-order chi connectivity index (χ1) is 9.96. The monoisotopic (exact) mass is 295 g/mol. The van der Waals surface area contributed by atoms with Crippen molar-refractivity contribution in [1.29, 1.82) is 0 Å². The zero-order valence-electron chi connectivity index (χ0n) is 15.0. The molecule has 124 valence electrons. The van der Waals surface area contributed by atoms with Gasteiger partial charge in [0.1, 0.15) is 0 Å². The summed E-state index contributed by atoms with van der Waals surface area (Å²) in [4.78, 5) is 5.29. The predicted octanol–water partition coefficient (Wildman–Crippen LogP) is 2.82. The lowest BCUT2D eigenvalue weighted by molar-refractivity contribution is 0.0130. The summed E-state index contributed by atoms with van der Waals surface area (Å²) in [5, 5.41) is 3.66. The highest BCUT2D eigenvalue weighted by atomic mass is 15.3. The molecule has 2 rings (SSSR count). The summed E-state index contributed by atoms with van der Waals surface area (Å²) < 4.78 is 0. The van der Waals surface area contributed by atoms with Gasteiger partial charge in [-0.15, -0.1) is 0 Å². The van der Waals surface area contributed by atoms with Crippen LogP contribution in [-0.4, -0.2) is 61.7 Å². The van der Waals surface area contributed by atoms with Crippen LogP contribution in [0.5, 0.6) is 0 Å². The quantitative estimate of drug-likeness (QED) is 0.841. The summed E-state index contributed by atoms with van der Waals surface area (Å²) in [6, 6.07) is 1.37. The van der Waals surface area contributed by atoms with Crippen molar-refractivity contribution in [3.8, 4) is 0 Å². The number of hydrogen-bond donors (Lipinski definition) is 1. The van der Waals surface area contributed by atoms with E-state index in [1.165, 1.54) is 51.9 Å². The first kappa shape index (κ1) is 17.2. The molecule has 1 aliphatic carbocycles. The van der Waals surface area contributed by atoms with Gasteiger partial charge in [-0.05, 0) is 51.6 Å². The van der Waals surface area contributed by atoms with Crippen molar-refractivity contribution in [3.63, 3.8) is 0 Å². The molecule has 1 N–H and O–H groups in total. The van der Waals surface area contributed by atoms with E-state index in [9.17, 15) is 0 Å². The van der Waals surface area contributed by atoms with Gasteiger partial charge >= 0.3 is 0 Å². The van der Waals surface area contributed by atoms with E-state index in [4.69, 9.17) is 0 Å². The molecule has 0 radical (unpaired) electrons. The molecule has 3 nitrogen and oxygen atoms in total. The van der Waals surface area contributed by atoms with Crippen molar-refractivity contribution in [1.82, 2.24) is 15.1 Å². The van der Waals surface area contributed by atoms with Crippen LogP contribution in [0.3, 0.4) is 0 Å². The number of piperazine rings is 1. The van der Waals surface area contributed by atoms with Crippen LogP contribution >= 0.6 is 0 Å². The lowest BCUT2D eigenvalue weighted by Crippen LogP contribution is -2.58. The van der Waals surface area contributed by atoms with E-state index >= 15 is 0 Å². The van der Waals surface area contributed by atoms with E-state index in [0.717, 1.165) is 12.5 Å². The molecule has 3 heteroatoms. The second-order valence-corrected chi connectivity index (χ2v) is 8.04. The second kappa shape index (κ2) is 7.43. The average Bonchev–Trinajstić information content (AvgIpc) is 2.42. The fraction of sp³-hybridized carbons (Fsp3) is 1.00. The smallest absolute Gasteiger partial charge is 0.0195 e. The van der Waals surface area contributed by atoms with Gasteiger partial charge in [0.25, 0.3) is 0 Å². The summed E-state index contributed by atoms with van der Waals surface area (Å²) in [5.41, 5.74) is 0.517. The molecular formula is C18H37N3. The van der Waals surface area contributed by atoms with Crippen molar-refractivity contribution in [2.24, 2.45) is 11.3 Å². The van der Waals surface area contributed by atoms with Crippen molar-refractivity contribution in [2.45, 2.75) is 65.5 Å². The van der Waals surface area contributed by atoms with Crippen molar-refractivity contribution < 1.29 is 0 Å². The predicted molar refractivity (Wildman–Crippen MR) is 91.7 cm³/mol. The summed E-state index contributed by atoms with van der Waals surface area (Å²) in [5.74, 6) is 0.903. The van der Waals surface area contributed by atoms with Crippen LogP contribution < -0.4 is 5.32 Å². The molecule has 0 aromatic heterocycles. The second-order valence-electron chi connectivity index (χ2n) is 8.04. The maximum absolute atomic E-state index is 3.66. The first-order valence-corrected chi connectivity index (χ1v) is 9.11. The van der Waals surface area contributed by atoms with Crippen LogP contribution in [0, 0.1) is 11.3 Å². The van der Waals surface area contributed by atoms with E-state index in [-0.39, 0.29) is 0 Å². The summed E-state index contributed by atoms with van der Waals surface area (Å²) in [6.45, 7) is 15.5. The molecule has 1 saturated carbocycles. The van der Waals surface area contributed by atoms with E-state index < -0.39 is 0 Å². The highest BCUT2D eigenvalue weighted by Gasteiger charge is 2.38. The topological polar surface area (TPSA) is 18.5 Å². The Morgan fingerprint density at radius 3 is 2.38 bits per heavy atom. The lowest BCUT2D eigenvalue weighted by Gasteiger charge is -2.48. The van der Waals surface area contributed by atoms with Gasteiger partial charge in [0, 0.05) is 38.3 Å². The van der Waals surface area contributed by atoms with Gasteiger partial charge in [0.15, 0.2) is 0 Å². The Morgan fingerprint density at radius 2 is 1.81 bits per heavy atom. The fourth-order valence-electron chi connectivity index (χ4n) is 4.64. The van der Waals surface area contributed by atoms with Crippen LogP contribution in [-0.2, 0) is 0 Å². The molecule has 2 fully saturated rings. The van der Waals surface area contributed by atoms with Gasteiger partial charge in [-0.3, -0.25) is 9.80 Å². The molecule has 4 atom stereocenters. The Bertz CT molecular complexity index is 308. The average molecular weight is 296 g/mol. The van der Waals surface area contributed by atoms with Crippen molar-refractivity contribution in [2.75, 3.05) is 39.8 Å². The number of likely N-dealkylation sites (N-methyl/N-ethyl adjacent to an activating group) is 1. The molecule has 4 unspecified atom stereocenters. The fourth-order valence-corrected chi connectivity index (χ4v) is 4.64. The molecule has 0 bridgehead atoms. The summed E-state index contributed by atoms with van der Waals surface area (Å²) in [6.07, 6.45) is 5.68. The van der Waals surface area contributed by atoms with Crippen LogP contribution in [0.1, 0.15) is 53.4 Å². The SMILES string of the molecule is CCNCC1(CN2CC(C)N(C)C(C)C2)CCCC(C)C1.